The zero-order valence-corrected chi connectivity index (χ0v) is 14.3. The van der Waals surface area contributed by atoms with Crippen LogP contribution in [0.2, 0.25) is 0 Å². The second-order valence-corrected chi connectivity index (χ2v) is 6.11. The van der Waals surface area contributed by atoms with Gasteiger partial charge in [0.25, 0.3) is 5.91 Å². The van der Waals surface area contributed by atoms with Gasteiger partial charge in [-0.25, -0.2) is 9.07 Å². The number of hydrogen-bond acceptors (Lipinski definition) is 3. The van der Waals surface area contributed by atoms with E-state index in [9.17, 15) is 14.0 Å². The Kier molecular flexibility index (Phi) is 4.83. The molecule has 0 unspecified atom stereocenters. The van der Waals surface area contributed by atoms with Crippen LogP contribution in [0.5, 0.6) is 0 Å². The summed E-state index contributed by atoms with van der Waals surface area (Å²) in [5.74, 6) is -0.912. The standard InChI is InChI=1S/C18H21FN4O2/c1-3-20-17(24)11(2)21-18(25)16-14-5-4-6-15(14)23(22-16)13-9-7-12(19)8-10-13/h7-11H,3-6H2,1-2H3,(H,20,24)(H,21,25)/t11-/m0/s1. The minimum atomic E-state index is -0.638. The summed E-state index contributed by atoms with van der Waals surface area (Å²) in [6, 6.07) is 5.38. The molecule has 0 fully saturated rings. The van der Waals surface area contributed by atoms with Crippen molar-refractivity contribution in [1.29, 1.82) is 0 Å². The maximum atomic E-state index is 13.2. The van der Waals surface area contributed by atoms with E-state index in [1.54, 1.807) is 23.7 Å². The van der Waals surface area contributed by atoms with Crippen LogP contribution in [0, 0.1) is 5.82 Å². The fourth-order valence-electron chi connectivity index (χ4n) is 3.07. The molecule has 1 aromatic heterocycles. The Morgan fingerprint density at radius 2 is 2.00 bits per heavy atom. The van der Waals surface area contributed by atoms with Gasteiger partial charge in [-0.1, -0.05) is 0 Å². The van der Waals surface area contributed by atoms with Crippen molar-refractivity contribution in [2.24, 2.45) is 0 Å². The molecule has 25 heavy (non-hydrogen) atoms. The van der Waals surface area contributed by atoms with E-state index in [0.717, 1.165) is 36.2 Å². The van der Waals surface area contributed by atoms with E-state index in [4.69, 9.17) is 0 Å². The molecule has 132 valence electrons. The van der Waals surface area contributed by atoms with Crippen LogP contribution in [0.1, 0.15) is 42.0 Å². The molecule has 0 saturated heterocycles. The maximum Gasteiger partial charge on any atom is 0.272 e. The van der Waals surface area contributed by atoms with Gasteiger partial charge < -0.3 is 10.6 Å². The van der Waals surface area contributed by atoms with Crippen LogP contribution in [-0.2, 0) is 17.6 Å². The Morgan fingerprint density at radius 1 is 1.28 bits per heavy atom. The van der Waals surface area contributed by atoms with Crippen LogP contribution in [-0.4, -0.2) is 34.2 Å². The number of benzene rings is 1. The number of carbonyl (C=O) groups excluding carboxylic acids is 2. The van der Waals surface area contributed by atoms with Crippen LogP contribution in [0.3, 0.4) is 0 Å². The summed E-state index contributed by atoms with van der Waals surface area (Å²) in [5.41, 5.74) is 2.94. The van der Waals surface area contributed by atoms with Gasteiger partial charge in [0.2, 0.25) is 5.91 Å². The number of fused-ring (bicyclic) bond motifs is 1. The summed E-state index contributed by atoms with van der Waals surface area (Å²) >= 11 is 0. The topological polar surface area (TPSA) is 76.0 Å². The van der Waals surface area contributed by atoms with Crippen molar-refractivity contribution in [3.63, 3.8) is 0 Å². The molecule has 1 aromatic carbocycles. The van der Waals surface area contributed by atoms with Crippen molar-refractivity contribution in [3.8, 4) is 5.69 Å². The van der Waals surface area contributed by atoms with Gasteiger partial charge in [0.1, 0.15) is 11.9 Å². The molecule has 1 aliphatic rings. The highest BCUT2D eigenvalue weighted by molar-refractivity contribution is 5.97. The quantitative estimate of drug-likeness (QED) is 0.868. The zero-order valence-electron chi connectivity index (χ0n) is 14.3. The molecule has 3 rings (SSSR count). The first-order chi connectivity index (χ1) is 12.0. The molecule has 1 atom stereocenters. The summed E-state index contributed by atoms with van der Waals surface area (Å²) in [7, 11) is 0. The fraction of sp³-hybridized carbons (Fsp3) is 0.389. The molecule has 1 aliphatic carbocycles. The number of amides is 2. The van der Waals surface area contributed by atoms with E-state index in [1.807, 2.05) is 6.92 Å². The highest BCUT2D eigenvalue weighted by Crippen LogP contribution is 2.27. The Balaban J connectivity index is 1.87. The van der Waals surface area contributed by atoms with Crippen LogP contribution in [0.25, 0.3) is 5.69 Å². The molecule has 7 heteroatoms. The molecule has 0 saturated carbocycles. The Hall–Kier alpha value is -2.70. The summed E-state index contributed by atoms with van der Waals surface area (Å²) in [4.78, 5) is 24.4. The first kappa shape index (κ1) is 17.1. The molecular weight excluding hydrogens is 323 g/mol. The van der Waals surface area contributed by atoms with Gasteiger partial charge in [-0.2, -0.15) is 5.10 Å². The van der Waals surface area contributed by atoms with E-state index in [-0.39, 0.29) is 17.6 Å². The lowest BCUT2D eigenvalue weighted by molar-refractivity contribution is -0.122. The van der Waals surface area contributed by atoms with Crippen molar-refractivity contribution in [2.75, 3.05) is 6.54 Å². The molecule has 6 nitrogen and oxygen atoms in total. The van der Waals surface area contributed by atoms with Crippen molar-refractivity contribution >= 4 is 11.8 Å². The lowest BCUT2D eigenvalue weighted by atomic mass is 10.2. The smallest absolute Gasteiger partial charge is 0.272 e. The predicted molar refractivity (Wildman–Crippen MR) is 91.2 cm³/mol. The van der Waals surface area contributed by atoms with E-state index in [1.165, 1.54) is 12.1 Å². The predicted octanol–water partition coefficient (Wildman–Crippen LogP) is 1.75. The van der Waals surface area contributed by atoms with E-state index in [0.29, 0.717) is 12.2 Å². The number of nitrogens with one attached hydrogen (secondary N) is 2. The van der Waals surface area contributed by atoms with Gasteiger partial charge in [0, 0.05) is 17.8 Å². The number of aromatic nitrogens is 2. The van der Waals surface area contributed by atoms with Crippen molar-refractivity contribution in [2.45, 2.75) is 39.2 Å². The normalized spacial score (nSPS) is 14.0. The first-order valence-corrected chi connectivity index (χ1v) is 8.46. The van der Waals surface area contributed by atoms with Gasteiger partial charge in [-0.3, -0.25) is 9.59 Å². The lowest BCUT2D eigenvalue weighted by Gasteiger charge is -2.12. The number of rotatable bonds is 5. The third-order valence-electron chi connectivity index (χ3n) is 4.31. The zero-order chi connectivity index (χ0) is 18.0. The van der Waals surface area contributed by atoms with Crippen LogP contribution in [0.15, 0.2) is 24.3 Å². The largest absolute Gasteiger partial charge is 0.355 e. The Labute approximate surface area is 145 Å². The molecule has 2 aromatic rings. The van der Waals surface area contributed by atoms with Gasteiger partial charge in [0.05, 0.1) is 5.69 Å². The van der Waals surface area contributed by atoms with Gasteiger partial charge >= 0.3 is 0 Å². The highest BCUT2D eigenvalue weighted by Gasteiger charge is 2.28. The summed E-state index contributed by atoms with van der Waals surface area (Å²) in [5, 5.41) is 9.81. The van der Waals surface area contributed by atoms with Gasteiger partial charge in [-0.05, 0) is 57.4 Å². The Bertz CT molecular complexity index is 798. The van der Waals surface area contributed by atoms with Gasteiger partial charge in [0.15, 0.2) is 5.69 Å². The fourth-order valence-corrected chi connectivity index (χ4v) is 3.07. The molecule has 0 bridgehead atoms. The maximum absolute atomic E-state index is 13.2. The third kappa shape index (κ3) is 3.40. The second-order valence-electron chi connectivity index (χ2n) is 6.11. The van der Waals surface area contributed by atoms with Gasteiger partial charge in [-0.15, -0.1) is 0 Å². The van der Waals surface area contributed by atoms with Crippen LogP contribution < -0.4 is 10.6 Å². The number of hydrogen-bond donors (Lipinski definition) is 2. The molecule has 2 N–H and O–H groups in total. The highest BCUT2D eigenvalue weighted by atomic mass is 19.1. The molecular formula is C18H21FN4O2. The average Bonchev–Trinajstić information content (AvgIpc) is 3.18. The summed E-state index contributed by atoms with van der Waals surface area (Å²) in [6.07, 6.45) is 2.54. The number of nitrogens with zero attached hydrogens (tertiary/aromatic N) is 2. The van der Waals surface area contributed by atoms with Crippen molar-refractivity contribution in [3.05, 3.63) is 47.0 Å². The molecule has 0 aliphatic heterocycles. The molecule has 0 radical (unpaired) electrons. The molecule has 1 heterocycles. The summed E-state index contributed by atoms with van der Waals surface area (Å²) in [6.45, 7) is 3.97. The number of carbonyl (C=O) groups is 2. The van der Waals surface area contributed by atoms with Crippen LogP contribution >= 0.6 is 0 Å². The SMILES string of the molecule is CCNC(=O)[C@H](C)NC(=O)c1nn(-c2ccc(F)cc2)c2c1CCC2. The monoisotopic (exact) mass is 344 g/mol. The number of halogens is 1. The van der Waals surface area contributed by atoms with E-state index in [2.05, 4.69) is 15.7 Å². The molecule has 0 spiro atoms. The second kappa shape index (κ2) is 7.04. The van der Waals surface area contributed by atoms with Crippen LogP contribution in [0.4, 0.5) is 4.39 Å². The number of likely N-dealkylation sites (N-methyl/N-ethyl adjacent to an activating group) is 1. The first-order valence-electron chi connectivity index (χ1n) is 8.46. The minimum Gasteiger partial charge on any atom is -0.355 e. The lowest BCUT2D eigenvalue weighted by Crippen LogP contribution is -2.45. The van der Waals surface area contributed by atoms with Crippen molar-refractivity contribution < 1.29 is 14.0 Å². The summed E-state index contributed by atoms with van der Waals surface area (Å²) < 4.78 is 14.9. The minimum absolute atomic E-state index is 0.231. The average molecular weight is 344 g/mol. The Morgan fingerprint density at radius 3 is 2.68 bits per heavy atom. The van der Waals surface area contributed by atoms with Crippen molar-refractivity contribution in [1.82, 2.24) is 20.4 Å². The van der Waals surface area contributed by atoms with E-state index < -0.39 is 6.04 Å². The third-order valence-corrected chi connectivity index (χ3v) is 4.31. The van der Waals surface area contributed by atoms with E-state index >= 15 is 0 Å². The molecule has 2 amide bonds.